The Hall–Kier alpha value is 0.495. The molecule has 1 aliphatic rings. The van der Waals surface area contributed by atoms with Gasteiger partial charge in [-0.1, -0.05) is 50.6 Å². The van der Waals surface area contributed by atoms with Crippen molar-refractivity contribution in [2.24, 2.45) is 11.3 Å². The molecule has 1 aromatic carbocycles. The SMILES string of the molecule is CC(C)(C)C1CCc2ccccc2[N-]C1=O.[Rb+]. The maximum atomic E-state index is 12.1. The van der Waals surface area contributed by atoms with Crippen molar-refractivity contribution in [3.8, 4) is 0 Å². The van der Waals surface area contributed by atoms with Crippen LogP contribution in [0.3, 0.4) is 0 Å². The van der Waals surface area contributed by atoms with Gasteiger partial charge in [-0.05, 0) is 18.3 Å². The Morgan fingerprint density at radius 1 is 1.24 bits per heavy atom. The summed E-state index contributed by atoms with van der Waals surface area (Å²) in [7, 11) is 0. The van der Waals surface area contributed by atoms with Crippen molar-refractivity contribution in [1.29, 1.82) is 0 Å². The molecule has 2 nitrogen and oxygen atoms in total. The number of amides is 1. The molecule has 1 aromatic rings. The molecule has 86 valence electrons. The first-order chi connectivity index (χ1) is 7.48. The van der Waals surface area contributed by atoms with Gasteiger partial charge in [0, 0.05) is 5.92 Å². The third-order valence-electron chi connectivity index (χ3n) is 3.27. The quantitative estimate of drug-likeness (QED) is 0.698. The second-order valence-electron chi connectivity index (χ2n) is 5.54. The number of hydrogen-bond acceptors (Lipinski definition) is 1. The minimum absolute atomic E-state index is 0. The van der Waals surface area contributed by atoms with E-state index in [1.54, 1.807) is 0 Å². The van der Waals surface area contributed by atoms with Gasteiger partial charge in [-0.2, -0.15) is 0 Å². The van der Waals surface area contributed by atoms with E-state index in [4.69, 9.17) is 0 Å². The van der Waals surface area contributed by atoms with Crippen LogP contribution in [0.2, 0.25) is 0 Å². The first kappa shape index (κ1) is 15.6. The number of rotatable bonds is 0. The zero-order chi connectivity index (χ0) is 11.8. The first-order valence-corrected chi connectivity index (χ1v) is 5.82. The molecule has 0 aromatic heterocycles. The third kappa shape index (κ3) is 3.73. The normalized spacial score (nSPS) is 19.7. The Morgan fingerprint density at radius 2 is 1.88 bits per heavy atom. The van der Waals surface area contributed by atoms with Crippen LogP contribution in [0.1, 0.15) is 32.8 Å². The van der Waals surface area contributed by atoms with Crippen LogP contribution in [0.5, 0.6) is 0 Å². The Bertz CT molecular complexity index is 409. The fourth-order valence-corrected chi connectivity index (χ4v) is 2.25. The number of para-hydroxylation sites is 1. The number of carbonyl (C=O) groups is 1. The van der Waals surface area contributed by atoms with E-state index in [1.165, 1.54) is 5.56 Å². The molecule has 2 rings (SSSR count). The number of benzene rings is 1. The molecule has 0 radical (unpaired) electrons. The Kier molecular flexibility index (Phi) is 5.57. The summed E-state index contributed by atoms with van der Waals surface area (Å²) in [5, 5.41) is 4.25. The van der Waals surface area contributed by atoms with Gasteiger partial charge < -0.3 is 10.1 Å². The van der Waals surface area contributed by atoms with Crippen molar-refractivity contribution in [3.63, 3.8) is 0 Å². The van der Waals surface area contributed by atoms with Gasteiger partial charge >= 0.3 is 58.2 Å². The summed E-state index contributed by atoms with van der Waals surface area (Å²) in [6, 6.07) is 7.94. The second-order valence-corrected chi connectivity index (χ2v) is 5.54. The largest absolute Gasteiger partial charge is 1.00 e. The van der Waals surface area contributed by atoms with Gasteiger partial charge in [-0.25, -0.2) is 0 Å². The fraction of sp³-hybridized carbons (Fsp3) is 0.500. The van der Waals surface area contributed by atoms with Crippen LogP contribution >= 0.6 is 0 Å². The molecule has 0 spiro atoms. The molecule has 1 heterocycles. The van der Waals surface area contributed by atoms with Gasteiger partial charge in [0.25, 0.3) is 0 Å². The molecule has 0 saturated heterocycles. The molecule has 0 bridgehead atoms. The minimum atomic E-state index is 0. The van der Waals surface area contributed by atoms with Crippen LogP contribution < -0.4 is 58.2 Å². The fourth-order valence-electron chi connectivity index (χ4n) is 2.25. The Morgan fingerprint density at radius 3 is 2.53 bits per heavy atom. The average molecular weight is 302 g/mol. The molecule has 1 aliphatic heterocycles. The van der Waals surface area contributed by atoms with E-state index >= 15 is 0 Å². The second kappa shape index (κ2) is 6.09. The molecule has 3 heteroatoms. The standard InChI is InChI=1S/C14H19NO.Rb/c1-14(2,3)11-9-8-10-6-4-5-7-12(10)15-13(11)16;/h4-7,11H,8-9H2,1-3H3,(H,15,16);/q;+1/p-1. The molecule has 0 fully saturated rings. The van der Waals surface area contributed by atoms with Gasteiger partial charge in [0.05, 0.1) is 5.91 Å². The minimum Gasteiger partial charge on any atom is -0.626 e. The van der Waals surface area contributed by atoms with Crippen molar-refractivity contribution >= 4 is 11.6 Å². The van der Waals surface area contributed by atoms with Crippen molar-refractivity contribution in [2.45, 2.75) is 33.6 Å². The van der Waals surface area contributed by atoms with E-state index in [9.17, 15) is 4.79 Å². The average Bonchev–Trinajstić information content (AvgIpc) is 2.34. The molecule has 1 amide bonds. The summed E-state index contributed by atoms with van der Waals surface area (Å²) < 4.78 is 0. The molecule has 1 unspecified atom stereocenters. The summed E-state index contributed by atoms with van der Waals surface area (Å²) in [5.74, 6) is 0.0809. The van der Waals surface area contributed by atoms with Gasteiger partial charge in [-0.3, -0.25) is 0 Å². The van der Waals surface area contributed by atoms with Crippen molar-refractivity contribution in [1.82, 2.24) is 0 Å². The molecule has 0 aliphatic carbocycles. The summed E-state index contributed by atoms with van der Waals surface area (Å²) in [4.78, 5) is 12.1. The van der Waals surface area contributed by atoms with E-state index in [1.807, 2.05) is 18.2 Å². The topological polar surface area (TPSA) is 31.2 Å². The summed E-state index contributed by atoms with van der Waals surface area (Å²) in [5.41, 5.74) is 2.06. The van der Waals surface area contributed by atoms with Crippen molar-refractivity contribution < 1.29 is 63.0 Å². The number of hydrogen-bond donors (Lipinski definition) is 0. The molecule has 0 saturated carbocycles. The van der Waals surface area contributed by atoms with Crippen molar-refractivity contribution in [3.05, 3.63) is 35.1 Å². The van der Waals surface area contributed by atoms with Crippen LogP contribution in [0, 0.1) is 11.3 Å². The third-order valence-corrected chi connectivity index (χ3v) is 3.27. The van der Waals surface area contributed by atoms with E-state index < -0.39 is 0 Å². The number of carbonyl (C=O) groups excluding carboxylic acids is 1. The molecule has 1 atom stereocenters. The zero-order valence-corrected chi connectivity index (χ0v) is 16.1. The molecule has 17 heavy (non-hydrogen) atoms. The van der Waals surface area contributed by atoms with Crippen LogP contribution in [0.15, 0.2) is 24.3 Å². The van der Waals surface area contributed by atoms with Crippen LogP contribution in [-0.2, 0) is 11.2 Å². The summed E-state index contributed by atoms with van der Waals surface area (Å²) >= 11 is 0. The Balaban J connectivity index is 0.00000144. The summed E-state index contributed by atoms with van der Waals surface area (Å²) in [6.45, 7) is 6.34. The van der Waals surface area contributed by atoms with Gasteiger partial charge in [0.2, 0.25) is 0 Å². The van der Waals surface area contributed by atoms with Crippen LogP contribution in [0.4, 0.5) is 5.69 Å². The molecule has 0 N–H and O–H groups in total. The predicted molar refractivity (Wildman–Crippen MR) is 65.7 cm³/mol. The number of fused-ring (bicyclic) bond motifs is 1. The molecular formula is C14H18NORb. The predicted octanol–water partition coefficient (Wildman–Crippen LogP) is 0.831. The van der Waals surface area contributed by atoms with Crippen molar-refractivity contribution in [2.75, 3.05) is 0 Å². The number of aryl methyl sites for hydroxylation is 1. The number of nitrogens with zero attached hydrogens (tertiary/aromatic N) is 1. The van der Waals surface area contributed by atoms with E-state index in [2.05, 4.69) is 32.2 Å². The maximum Gasteiger partial charge on any atom is 1.00 e. The van der Waals surface area contributed by atoms with E-state index in [0.717, 1.165) is 18.5 Å². The monoisotopic (exact) mass is 301 g/mol. The van der Waals surface area contributed by atoms with E-state index in [0.29, 0.717) is 0 Å². The smallest absolute Gasteiger partial charge is 0.626 e. The van der Waals surface area contributed by atoms with Crippen LogP contribution in [0.25, 0.3) is 5.32 Å². The maximum absolute atomic E-state index is 12.1. The van der Waals surface area contributed by atoms with Gasteiger partial charge in [-0.15, -0.1) is 5.69 Å². The molecular weight excluding hydrogens is 284 g/mol. The summed E-state index contributed by atoms with van der Waals surface area (Å²) in [6.07, 6.45) is 1.86. The van der Waals surface area contributed by atoms with Gasteiger partial charge in [0.1, 0.15) is 0 Å². The Labute approximate surface area is 152 Å². The zero-order valence-electron chi connectivity index (χ0n) is 11.2. The first-order valence-electron chi connectivity index (χ1n) is 5.82. The van der Waals surface area contributed by atoms with Gasteiger partial charge in [0.15, 0.2) is 0 Å². The van der Waals surface area contributed by atoms with E-state index in [-0.39, 0.29) is 75.4 Å². The van der Waals surface area contributed by atoms with Crippen LogP contribution in [-0.4, -0.2) is 5.91 Å².